The molecule has 1 aromatic carbocycles. The number of rotatable bonds is 4. The Morgan fingerprint density at radius 2 is 1.93 bits per heavy atom. The molecule has 0 saturated heterocycles. The average Bonchev–Trinajstić information content (AvgIpc) is 2.21. The number of allylic oxidation sites excluding steroid dienone is 1. The van der Waals surface area contributed by atoms with Crippen molar-refractivity contribution < 1.29 is 5.11 Å². The highest BCUT2D eigenvalue weighted by atomic mass is 16.3. The summed E-state index contributed by atoms with van der Waals surface area (Å²) in [5, 5.41) is 8.80. The summed E-state index contributed by atoms with van der Waals surface area (Å²) in [7, 11) is 0. The minimum Gasteiger partial charge on any atom is -0.392 e. The van der Waals surface area contributed by atoms with Crippen LogP contribution in [0.25, 0.3) is 0 Å². The molecular weight excluding hydrogens is 172 g/mol. The zero-order chi connectivity index (χ0) is 10.4. The van der Waals surface area contributed by atoms with E-state index in [0.717, 1.165) is 18.4 Å². The van der Waals surface area contributed by atoms with Crippen LogP contribution in [0.3, 0.4) is 0 Å². The summed E-state index contributed by atoms with van der Waals surface area (Å²) in [4.78, 5) is 0. The molecule has 1 N–H and O–H groups in total. The fourth-order valence-corrected chi connectivity index (χ4v) is 1.30. The Labute approximate surface area is 86.1 Å². The Balaban J connectivity index is 2.42. The summed E-state index contributed by atoms with van der Waals surface area (Å²) in [6, 6.07) is 8.60. The van der Waals surface area contributed by atoms with Gasteiger partial charge in [-0.1, -0.05) is 41.5 Å². The fourth-order valence-electron chi connectivity index (χ4n) is 1.30. The van der Waals surface area contributed by atoms with Crippen molar-refractivity contribution in [1.82, 2.24) is 0 Å². The minimum absolute atomic E-state index is 0.175. The molecule has 0 unspecified atom stereocenters. The van der Waals surface area contributed by atoms with Gasteiger partial charge in [0.25, 0.3) is 0 Å². The van der Waals surface area contributed by atoms with Crippen molar-refractivity contribution in [1.29, 1.82) is 0 Å². The summed E-state index contributed by atoms with van der Waals surface area (Å²) >= 11 is 0. The fraction of sp³-hybridized carbons (Fsp3) is 0.385. The molecule has 0 heterocycles. The smallest absolute Gasteiger partial charge is 0.0639 e. The van der Waals surface area contributed by atoms with E-state index in [4.69, 9.17) is 5.11 Å². The van der Waals surface area contributed by atoms with Crippen LogP contribution in [0, 0.1) is 6.92 Å². The lowest BCUT2D eigenvalue weighted by Crippen LogP contribution is -1.87. The first-order chi connectivity index (χ1) is 6.72. The zero-order valence-corrected chi connectivity index (χ0v) is 8.96. The van der Waals surface area contributed by atoms with E-state index in [1.807, 2.05) is 6.92 Å². The number of benzene rings is 1. The monoisotopic (exact) mass is 190 g/mol. The van der Waals surface area contributed by atoms with Crippen LogP contribution in [0.4, 0.5) is 0 Å². The Bertz CT molecular complexity index is 296. The minimum atomic E-state index is 0.175. The second-order valence-electron chi connectivity index (χ2n) is 3.73. The molecule has 0 atom stereocenters. The summed E-state index contributed by atoms with van der Waals surface area (Å²) in [5.74, 6) is 0. The van der Waals surface area contributed by atoms with Gasteiger partial charge in [-0.2, -0.15) is 0 Å². The molecular formula is C13H18O. The molecule has 0 aromatic heterocycles. The third-order valence-corrected chi connectivity index (χ3v) is 2.30. The van der Waals surface area contributed by atoms with Crippen LogP contribution in [-0.2, 0) is 6.42 Å². The molecule has 0 radical (unpaired) electrons. The molecule has 76 valence electrons. The molecule has 0 aliphatic rings. The van der Waals surface area contributed by atoms with E-state index in [1.54, 1.807) is 0 Å². The molecule has 1 rings (SSSR count). The lowest BCUT2D eigenvalue weighted by molar-refractivity contribution is 0.331. The van der Waals surface area contributed by atoms with E-state index in [1.165, 1.54) is 11.1 Å². The normalized spacial score (nSPS) is 11.8. The second kappa shape index (κ2) is 5.61. The SMILES string of the molecule is CC(=CCCc1ccc(C)cc1)CO. The van der Waals surface area contributed by atoms with Crippen molar-refractivity contribution in [3.63, 3.8) is 0 Å². The van der Waals surface area contributed by atoms with Crippen LogP contribution < -0.4 is 0 Å². The predicted octanol–water partition coefficient (Wildman–Crippen LogP) is 2.87. The van der Waals surface area contributed by atoms with Gasteiger partial charge in [-0.15, -0.1) is 0 Å². The third kappa shape index (κ3) is 3.75. The van der Waals surface area contributed by atoms with Crippen LogP contribution in [0.1, 0.15) is 24.5 Å². The maximum atomic E-state index is 8.80. The predicted molar refractivity (Wildman–Crippen MR) is 60.3 cm³/mol. The molecule has 1 nitrogen and oxygen atoms in total. The van der Waals surface area contributed by atoms with Gasteiger partial charge in [0.1, 0.15) is 0 Å². The van der Waals surface area contributed by atoms with E-state index >= 15 is 0 Å². The molecule has 1 heteroatoms. The van der Waals surface area contributed by atoms with Gasteiger partial charge < -0.3 is 5.11 Å². The molecule has 0 aliphatic carbocycles. The zero-order valence-electron chi connectivity index (χ0n) is 8.96. The van der Waals surface area contributed by atoms with E-state index in [9.17, 15) is 0 Å². The number of aryl methyl sites for hydroxylation is 2. The average molecular weight is 190 g/mol. The van der Waals surface area contributed by atoms with E-state index in [0.29, 0.717) is 0 Å². The van der Waals surface area contributed by atoms with Gasteiger partial charge in [-0.05, 0) is 32.3 Å². The summed E-state index contributed by atoms with van der Waals surface area (Å²) in [5.41, 5.74) is 3.71. The molecule has 0 bridgehead atoms. The van der Waals surface area contributed by atoms with Crippen molar-refractivity contribution in [2.24, 2.45) is 0 Å². The maximum Gasteiger partial charge on any atom is 0.0639 e. The van der Waals surface area contributed by atoms with Gasteiger partial charge in [0, 0.05) is 0 Å². The Morgan fingerprint density at radius 1 is 1.29 bits per heavy atom. The van der Waals surface area contributed by atoms with E-state index < -0.39 is 0 Å². The lowest BCUT2D eigenvalue weighted by atomic mass is 10.1. The van der Waals surface area contributed by atoms with Crippen molar-refractivity contribution in [3.05, 3.63) is 47.0 Å². The first kappa shape index (κ1) is 11.0. The molecule has 0 amide bonds. The largest absolute Gasteiger partial charge is 0.392 e. The second-order valence-corrected chi connectivity index (χ2v) is 3.73. The highest BCUT2D eigenvalue weighted by Gasteiger charge is 1.91. The number of hydrogen-bond acceptors (Lipinski definition) is 1. The molecule has 0 aliphatic heterocycles. The van der Waals surface area contributed by atoms with Crippen LogP contribution >= 0.6 is 0 Å². The Hall–Kier alpha value is -1.08. The van der Waals surface area contributed by atoms with Crippen molar-refractivity contribution in [2.45, 2.75) is 26.7 Å². The number of aliphatic hydroxyl groups is 1. The van der Waals surface area contributed by atoms with E-state index in [-0.39, 0.29) is 6.61 Å². The van der Waals surface area contributed by atoms with Gasteiger partial charge >= 0.3 is 0 Å². The molecule has 0 saturated carbocycles. The van der Waals surface area contributed by atoms with Crippen molar-refractivity contribution >= 4 is 0 Å². The highest BCUT2D eigenvalue weighted by Crippen LogP contribution is 2.07. The molecule has 0 spiro atoms. The summed E-state index contributed by atoms with van der Waals surface area (Å²) < 4.78 is 0. The first-order valence-corrected chi connectivity index (χ1v) is 5.04. The third-order valence-electron chi connectivity index (χ3n) is 2.30. The van der Waals surface area contributed by atoms with Gasteiger partial charge in [-0.25, -0.2) is 0 Å². The van der Waals surface area contributed by atoms with Crippen molar-refractivity contribution in [2.75, 3.05) is 6.61 Å². The topological polar surface area (TPSA) is 20.2 Å². The van der Waals surface area contributed by atoms with Crippen LogP contribution in [-0.4, -0.2) is 11.7 Å². The number of aliphatic hydroxyl groups excluding tert-OH is 1. The maximum absolute atomic E-state index is 8.80. The summed E-state index contributed by atoms with van der Waals surface area (Å²) in [6.45, 7) is 4.22. The first-order valence-electron chi connectivity index (χ1n) is 5.04. The molecule has 0 fully saturated rings. The highest BCUT2D eigenvalue weighted by molar-refractivity contribution is 5.21. The van der Waals surface area contributed by atoms with Crippen LogP contribution in [0.5, 0.6) is 0 Å². The quantitative estimate of drug-likeness (QED) is 0.724. The van der Waals surface area contributed by atoms with Gasteiger partial charge in [-0.3, -0.25) is 0 Å². The van der Waals surface area contributed by atoms with Gasteiger partial charge in [0.05, 0.1) is 6.61 Å². The Morgan fingerprint density at radius 3 is 2.50 bits per heavy atom. The van der Waals surface area contributed by atoms with Gasteiger partial charge in [0.15, 0.2) is 0 Å². The molecule has 1 aromatic rings. The van der Waals surface area contributed by atoms with Crippen LogP contribution in [0.15, 0.2) is 35.9 Å². The Kier molecular flexibility index (Phi) is 4.41. The molecule has 14 heavy (non-hydrogen) atoms. The van der Waals surface area contributed by atoms with E-state index in [2.05, 4.69) is 37.3 Å². The van der Waals surface area contributed by atoms with Crippen molar-refractivity contribution in [3.8, 4) is 0 Å². The summed E-state index contributed by atoms with van der Waals surface area (Å²) in [6.07, 6.45) is 4.16. The van der Waals surface area contributed by atoms with Gasteiger partial charge in [0.2, 0.25) is 0 Å². The standard InChI is InChI=1S/C13H18O/c1-11-6-8-13(9-7-11)5-3-4-12(2)10-14/h4,6-9,14H,3,5,10H2,1-2H3. The lowest BCUT2D eigenvalue weighted by Gasteiger charge is -2.00. The van der Waals surface area contributed by atoms with Crippen LogP contribution in [0.2, 0.25) is 0 Å². The number of hydrogen-bond donors (Lipinski definition) is 1.